The van der Waals surface area contributed by atoms with Crippen LogP contribution in [0.25, 0.3) is 10.9 Å². The molecule has 1 fully saturated rings. The lowest BCUT2D eigenvalue weighted by atomic mass is 9.96. The number of hydrogen-bond acceptors (Lipinski definition) is 8. The van der Waals surface area contributed by atoms with E-state index < -0.39 is 71.2 Å². The minimum absolute atomic E-state index is 0.000257. The normalized spacial score (nSPS) is 15.2. The van der Waals surface area contributed by atoms with Gasteiger partial charge in [0.2, 0.25) is 17.7 Å². The Labute approximate surface area is 370 Å². The van der Waals surface area contributed by atoms with Gasteiger partial charge in [0.25, 0.3) is 11.8 Å². The third-order valence-corrected chi connectivity index (χ3v) is 10.7. The van der Waals surface area contributed by atoms with E-state index in [1.54, 1.807) is 58.0 Å². The van der Waals surface area contributed by atoms with Crippen LogP contribution >= 0.6 is 11.6 Å². The number of nitrogens with one attached hydrogen (secondary N) is 3. The van der Waals surface area contributed by atoms with Crippen LogP contribution in [0.1, 0.15) is 100 Å². The molecular formula is C47H41ClF3N5O8. The zero-order chi connectivity index (χ0) is 46.0. The van der Waals surface area contributed by atoms with E-state index in [4.69, 9.17) is 21.1 Å². The third-order valence-electron chi connectivity index (χ3n) is 10.5. The molecule has 0 aliphatic carbocycles. The van der Waals surface area contributed by atoms with Crippen LogP contribution in [0.3, 0.4) is 0 Å². The molecule has 0 radical (unpaired) electrons. The highest BCUT2D eigenvalue weighted by molar-refractivity contribution is 6.31. The topological polar surface area (TPSA) is 167 Å². The number of ether oxygens (including phenoxy) is 2. The number of benzene rings is 4. The molecule has 3 heterocycles. The molecule has 2 atom stereocenters. The third kappa shape index (κ3) is 9.44. The molecule has 5 aromatic rings. The number of carbonyl (C=O) groups is 6. The van der Waals surface area contributed by atoms with Crippen molar-refractivity contribution in [1.82, 2.24) is 25.4 Å². The van der Waals surface area contributed by atoms with E-state index in [1.807, 2.05) is 0 Å². The van der Waals surface area contributed by atoms with E-state index in [1.165, 1.54) is 35.2 Å². The van der Waals surface area contributed by atoms with Gasteiger partial charge in [-0.15, -0.1) is 0 Å². The van der Waals surface area contributed by atoms with E-state index in [9.17, 15) is 41.9 Å². The fraction of sp³-hybridized carbons (Fsp3) is 0.277. The van der Waals surface area contributed by atoms with Gasteiger partial charge in [-0.05, 0) is 99.8 Å². The van der Waals surface area contributed by atoms with Gasteiger partial charge in [0.15, 0.2) is 17.5 Å². The monoisotopic (exact) mass is 895 g/mol. The molecule has 2 aliphatic heterocycles. The summed E-state index contributed by atoms with van der Waals surface area (Å²) < 4.78 is 55.0. The second-order valence-electron chi connectivity index (χ2n) is 16.1. The molecule has 2 aliphatic rings. The first-order valence-electron chi connectivity index (χ1n) is 20.2. The van der Waals surface area contributed by atoms with Crippen LogP contribution < -0.4 is 15.4 Å². The minimum atomic E-state index is -1.73. The Hall–Kier alpha value is -7.12. The molecule has 2 unspecified atom stereocenters. The molecule has 330 valence electrons. The number of esters is 1. The van der Waals surface area contributed by atoms with Crippen molar-refractivity contribution < 1.29 is 51.4 Å². The average Bonchev–Trinajstić information content (AvgIpc) is 3.77. The van der Waals surface area contributed by atoms with E-state index in [0.717, 1.165) is 4.90 Å². The summed E-state index contributed by atoms with van der Waals surface area (Å²) in [6, 6.07) is 14.4. The number of halogens is 4. The number of rotatable bonds is 11. The average molecular weight is 896 g/mol. The van der Waals surface area contributed by atoms with Crippen LogP contribution in [0.15, 0.2) is 72.8 Å². The number of piperidine rings is 1. The molecule has 0 saturated carbocycles. The Bertz CT molecular complexity index is 2790. The molecule has 1 aromatic heterocycles. The summed E-state index contributed by atoms with van der Waals surface area (Å²) >= 11 is 6.32. The number of nitrogens with zero attached hydrogens (tertiary/aromatic N) is 2. The Morgan fingerprint density at radius 2 is 1.73 bits per heavy atom. The van der Waals surface area contributed by atoms with Crippen molar-refractivity contribution in [2.75, 3.05) is 13.2 Å². The maximum absolute atomic E-state index is 14.9. The van der Waals surface area contributed by atoms with E-state index in [0.29, 0.717) is 39.7 Å². The van der Waals surface area contributed by atoms with Crippen molar-refractivity contribution >= 4 is 58.0 Å². The summed E-state index contributed by atoms with van der Waals surface area (Å²) in [4.78, 5) is 86.1. The second-order valence-corrected chi connectivity index (χ2v) is 16.6. The summed E-state index contributed by atoms with van der Waals surface area (Å²) in [5, 5.41) is 5.74. The van der Waals surface area contributed by atoms with Gasteiger partial charge in [-0.25, -0.2) is 18.0 Å². The predicted octanol–water partition coefficient (Wildman–Crippen LogP) is 6.91. The number of fused-ring (bicyclic) bond motifs is 2. The summed E-state index contributed by atoms with van der Waals surface area (Å²) in [6.07, 6.45) is 0.322. The maximum Gasteiger partial charge on any atom is 0.355 e. The van der Waals surface area contributed by atoms with Crippen LogP contribution in [0.2, 0.25) is 5.02 Å². The smallest absolute Gasteiger partial charge is 0.355 e. The van der Waals surface area contributed by atoms with Gasteiger partial charge >= 0.3 is 5.97 Å². The number of amides is 5. The zero-order valence-corrected chi connectivity index (χ0v) is 35.8. The largest absolute Gasteiger partial charge is 0.481 e. The second kappa shape index (κ2) is 18.3. The molecule has 5 amide bonds. The summed E-state index contributed by atoms with van der Waals surface area (Å²) in [5.74, 6) is -2.45. The molecule has 17 heteroatoms. The first-order chi connectivity index (χ1) is 30.4. The lowest BCUT2D eigenvalue weighted by Crippen LogP contribution is -2.52. The summed E-state index contributed by atoms with van der Waals surface area (Å²) in [7, 11) is 0. The molecule has 0 bridgehead atoms. The Morgan fingerprint density at radius 3 is 2.44 bits per heavy atom. The predicted molar refractivity (Wildman–Crippen MR) is 227 cm³/mol. The first kappa shape index (κ1) is 44.9. The van der Waals surface area contributed by atoms with Crippen molar-refractivity contribution in [3.63, 3.8) is 0 Å². The standard InChI is InChI=1S/C47H41ClF3N5O8/c1-5-63-46(62)40-38(31-15-14-28(48)22-35(31)52-40)41(43(59)54-47(2,3)4)56(23-25-19-33(49)39(51)34(50)20-25)44(60)27-10-6-12-29(21-27)64-18-8-11-26-9-7-13-30-32(26)24-55(45(30)61)36-16-17-37(57)53-42(36)58/h6-7,9-10,12-15,19-22,36,41,52H,5,16-18,23-24H2,1-4H3,(H,54,59)(H,53,57,58). The van der Waals surface area contributed by atoms with Crippen LogP contribution in [-0.4, -0.2) is 75.1 Å². The van der Waals surface area contributed by atoms with Gasteiger partial charge in [0.1, 0.15) is 30.1 Å². The quantitative estimate of drug-likeness (QED) is 0.0557. The van der Waals surface area contributed by atoms with Crippen molar-refractivity contribution in [2.45, 2.75) is 71.2 Å². The van der Waals surface area contributed by atoms with Crippen LogP contribution in [0.4, 0.5) is 13.2 Å². The molecule has 64 heavy (non-hydrogen) atoms. The number of imide groups is 1. The molecule has 13 nitrogen and oxygen atoms in total. The van der Waals surface area contributed by atoms with Crippen LogP contribution in [0.5, 0.6) is 5.75 Å². The van der Waals surface area contributed by atoms with Crippen molar-refractivity contribution in [3.8, 4) is 17.6 Å². The van der Waals surface area contributed by atoms with Gasteiger partial charge in [-0.2, -0.15) is 0 Å². The number of hydrogen-bond donors (Lipinski definition) is 3. The fourth-order valence-electron chi connectivity index (χ4n) is 7.72. The maximum atomic E-state index is 14.9. The summed E-state index contributed by atoms with van der Waals surface area (Å²) in [6.45, 7) is 5.91. The lowest BCUT2D eigenvalue weighted by molar-refractivity contribution is -0.137. The SMILES string of the molecule is CCOC(=O)c1[nH]c2cc(Cl)ccc2c1C(C(=O)NC(C)(C)C)N(Cc1cc(F)c(F)c(F)c1)C(=O)c1cccc(OCC#Cc2cccc3c2CN(C2CCC(=O)NC2=O)C3=O)c1. The van der Waals surface area contributed by atoms with Crippen molar-refractivity contribution in [2.24, 2.45) is 0 Å². The molecule has 3 N–H and O–H groups in total. The van der Waals surface area contributed by atoms with E-state index in [2.05, 4.69) is 27.5 Å². The number of aromatic nitrogens is 1. The fourth-order valence-corrected chi connectivity index (χ4v) is 7.89. The van der Waals surface area contributed by atoms with Crippen LogP contribution in [-0.2, 0) is 32.2 Å². The minimum Gasteiger partial charge on any atom is -0.481 e. The van der Waals surface area contributed by atoms with Crippen LogP contribution in [0, 0.1) is 29.3 Å². The number of carbonyl (C=O) groups excluding carboxylic acids is 6. The molecule has 7 rings (SSSR count). The van der Waals surface area contributed by atoms with Crippen molar-refractivity contribution in [1.29, 1.82) is 0 Å². The molecule has 1 saturated heterocycles. The molecular weight excluding hydrogens is 855 g/mol. The van der Waals surface area contributed by atoms with Gasteiger partial charge < -0.3 is 29.6 Å². The van der Waals surface area contributed by atoms with E-state index in [-0.39, 0.29) is 71.7 Å². The highest BCUT2D eigenvalue weighted by Crippen LogP contribution is 2.37. The Kier molecular flexibility index (Phi) is 12.8. The molecule has 0 spiro atoms. The van der Waals surface area contributed by atoms with Gasteiger partial charge in [0.05, 0.1) is 6.61 Å². The lowest BCUT2D eigenvalue weighted by Gasteiger charge is -2.34. The Balaban J connectivity index is 1.23. The zero-order valence-electron chi connectivity index (χ0n) is 35.0. The van der Waals surface area contributed by atoms with Gasteiger partial charge in [-0.3, -0.25) is 29.3 Å². The number of H-pyrrole nitrogens is 1. The highest BCUT2D eigenvalue weighted by atomic mass is 35.5. The molecule has 4 aromatic carbocycles. The summed E-state index contributed by atoms with van der Waals surface area (Å²) in [5.41, 5.74) is 0.517. The Morgan fingerprint density at radius 1 is 1.00 bits per heavy atom. The van der Waals surface area contributed by atoms with E-state index >= 15 is 0 Å². The van der Waals surface area contributed by atoms with Crippen molar-refractivity contribution in [3.05, 3.63) is 134 Å². The first-order valence-corrected chi connectivity index (χ1v) is 20.5. The van der Waals surface area contributed by atoms with Gasteiger partial charge in [0, 0.05) is 63.2 Å². The number of aromatic amines is 1. The highest BCUT2D eigenvalue weighted by Gasteiger charge is 2.41. The van der Waals surface area contributed by atoms with Gasteiger partial charge in [-0.1, -0.05) is 41.6 Å².